The van der Waals surface area contributed by atoms with Gasteiger partial charge in [-0.25, -0.2) is 4.79 Å². The summed E-state index contributed by atoms with van der Waals surface area (Å²) >= 11 is 1.25. The van der Waals surface area contributed by atoms with Crippen LogP contribution in [-0.2, 0) is 14.3 Å². The van der Waals surface area contributed by atoms with Crippen LogP contribution in [0.4, 0.5) is 5.69 Å². The molecule has 1 aliphatic rings. The Hall–Kier alpha value is -1.40. The Morgan fingerprint density at radius 1 is 1.30 bits per heavy atom. The summed E-state index contributed by atoms with van der Waals surface area (Å²) in [7, 11) is 1.32. The highest BCUT2D eigenvalue weighted by Crippen LogP contribution is 2.33. The fourth-order valence-electron chi connectivity index (χ4n) is 2.59. The first-order valence-electron chi connectivity index (χ1n) is 6.57. The fraction of sp³-hybridized carbons (Fsp3) is 0.571. The second-order valence-electron chi connectivity index (χ2n) is 5.08. The van der Waals surface area contributed by atoms with Gasteiger partial charge in [-0.15, -0.1) is 11.3 Å². The van der Waals surface area contributed by atoms with Gasteiger partial charge < -0.3 is 14.8 Å². The van der Waals surface area contributed by atoms with Crippen molar-refractivity contribution in [1.29, 1.82) is 0 Å². The molecule has 0 aliphatic carbocycles. The van der Waals surface area contributed by atoms with Gasteiger partial charge in [-0.1, -0.05) is 6.92 Å². The summed E-state index contributed by atoms with van der Waals surface area (Å²) in [5.41, 5.74) is 0.505. The number of thiophene rings is 1. The highest BCUT2D eigenvalue weighted by Gasteiger charge is 2.41. The van der Waals surface area contributed by atoms with E-state index in [9.17, 15) is 9.59 Å². The number of esters is 1. The van der Waals surface area contributed by atoms with Crippen LogP contribution in [0.25, 0.3) is 0 Å². The van der Waals surface area contributed by atoms with E-state index in [0.717, 1.165) is 0 Å². The van der Waals surface area contributed by atoms with Crippen molar-refractivity contribution in [2.75, 3.05) is 12.4 Å². The average molecular weight is 297 g/mol. The zero-order valence-electron chi connectivity index (χ0n) is 12.0. The Balaban J connectivity index is 2.13. The molecule has 0 aromatic carbocycles. The van der Waals surface area contributed by atoms with Crippen LogP contribution >= 0.6 is 11.3 Å². The zero-order chi connectivity index (χ0) is 14.9. The normalized spacial score (nSPS) is 29.2. The lowest BCUT2D eigenvalue weighted by Crippen LogP contribution is -2.32. The van der Waals surface area contributed by atoms with Crippen molar-refractivity contribution in [3.8, 4) is 0 Å². The summed E-state index contributed by atoms with van der Waals surface area (Å²) in [5, 5.41) is 4.57. The average Bonchev–Trinajstić information content (AvgIpc) is 2.94. The lowest BCUT2D eigenvalue weighted by atomic mass is 9.89. The smallest absolute Gasteiger partial charge is 0.350 e. The third-order valence-electron chi connectivity index (χ3n) is 3.84. The van der Waals surface area contributed by atoms with Crippen molar-refractivity contribution >= 4 is 28.9 Å². The fourth-order valence-corrected chi connectivity index (χ4v) is 3.36. The molecule has 1 aromatic rings. The Labute approximate surface area is 122 Å². The van der Waals surface area contributed by atoms with Crippen molar-refractivity contribution in [3.63, 3.8) is 0 Å². The van der Waals surface area contributed by atoms with Crippen molar-refractivity contribution in [1.82, 2.24) is 0 Å². The SMILES string of the molecule is COC(=O)c1sccc1NC(=O)C1C(C)OC(C)C1C. The largest absolute Gasteiger partial charge is 0.465 e. The molecule has 2 heterocycles. The van der Waals surface area contributed by atoms with Gasteiger partial charge in [0.25, 0.3) is 0 Å². The molecule has 6 heteroatoms. The van der Waals surface area contributed by atoms with Crippen LogP contribution in [0.3, 0.4) is 0 Å². The third kappa shape index (κ3) is 2.71. The molecule has 1 saturated heterocycles. The van der Waals surface area contributed by atoms with E-state index >= 15 is 0 Å². The molecule has 5 nitrogen and oxygen atoms in total. The molecule has 1 aromatic heterocycles. The number of rotatable bonds is 3. The predicted octanol–water partition coefficient (Wildman–Crippen LogP) is 2.53. The summed E-state index contributed by atoms with van der Waals surface area (Å²) in [6.45, 7) is 5.88. The Bertz CT molecular complexity index is 513. The van der Waals surface area contributed by atoms with Gasteiger partial charge in [-0.2, -0.15) is 0 Å². The number of carbonyl (C=O) groups is 2. The second kappa shape index (κ2) is 5.93. The first kappa shape index (κ1) is 15.0. The van der Waals surface area contributed by atoms with Gasteiger partial charge in [0.1, 0.15) is 4.88 Å². The monoisotopic (exact) mass is 297 g/mol. The van der Waals surface area contributed by atoms with Crippen molar-refractivity contribution in [2.45, 2.75) is 33.0 Å². The van der Waals surface area contributed by atoms with Crippen LogP contribution < -0.4 is 5.32 Å². The predicted molar refractivity (Wildman–Crippen MR) is 77.0 cm³/mol. The maximum Gasteiger partial charge on any atom is 0.350 e. The molecule has 0 radical (unpaired) electrons. The number of carbonyl (C=O) groups excluding carboxylic acids is 2. The zero-order valence-corrected chi connectivity index (χ0v) is 12.8. The molecular formula is C14H19NO4S. The summed E-state index contributed by atoms with van der Waals surface area (Å²) in [6, 6.07) is 1.71. The van der Waals surface area contributed by atoms with E-state index in [4.69, 9.17) is 9.47 Å². The van der Waals surface area contributed by atoms with E-state index in [2.05, 4.69) is 5.32 Å². The molecule has 20 heavy (non-hydrogen) atoms. The molecule has 4 unspecified atom stereocenters. The third-order valence-corrected chi connectivity index (χ3v) is 4.73. The van der Waals surface area contributed by atoms with E-state index in [-0.39, 0.29) is 30.0 Å². The topological polar surface area (TPSA) is 64.6 Å². The van der Waals surface area contributed by atoms with Crippen LogP contribution in [0.2, 0.25) is 0 Å². The van der Waals surface area contributed by atoms with E-state index in [0.29, 0.717) is 10.6 Å². The van der Waals surface area contributed by atoms with Gasteiger partial charge in [0.15, 0.2) is 0 Å². The second-order valence-corrected chi connectivity index (χ2v) is 5.99. The molecule has 110 valence electrons. The quantitative estimate of drug-likeness (QED) is 0.871. The molecular weight excluding hydrogens is 278 g/mol. The minimum Gasteiger partial charge on any atom is -0.465 e. The number of hydrogen-bond donors (Lipinski definition) is 1. The number of methoxy groups -OCH3 is 1. The highest BCUT2D eigenvalue weighted by molar-refractivity contribution is 7.12. The summed E-state index contributed by atoms with van der Waals surface area (Å²) in [4.78, 5) is 24.4. The van der Waals surface area contributed by atoms with Crippen LogP contribution in [0.5, 0.6) is 0 Å². The number of hydrogen-bond acceptors (Lipinski definition) is 5. The highest BCUT2D eigenvalue weighted by atomic mass is 32.1. The molecule has 4 atom stereocenters. The van der Waals surface area contributed by atoms with Gasteiger partial charge in [0.2, 0.25) is 5.91 Å². The van der Waals surface area contributed by atoms with Crippen molar-refractivity contribution in [2.24, 2.45) is 11.8 Å². The standard InChI is InChI=1S/C14H19NO4S/c1-7-8(2)19-9(3)11(7)13(16)15-10-5-6-20-12(10)14(17)18-4/h5-9,11H,1-4H3,(H,15,16). The Morgan fingerprint density at radius 3 is 2.55 bits per heavy atom. The molecule has 2 rings (SSSR count). The maximum absolute atomic E-state index is 12.4. The van der Waals surface area contributed by atoms with E-state index in [1.165, 1.54) is 18.4 Å². The summed E-state index contributed by atoms with van der Waals surface area (Å²) in [6.07, 6.45) is -0.0662. The van der Waals surface area contributed by atoms with Gasteiger partial charge in [0, 0.05) is 0 Å². The number of ether oxygens (including phenoxy) is 2. The molecule has 0 saturated carbocycles. The van der Waals surface area contributed by atoms with Crippen molar-refractivity contribution < 1.29 is 19.1 Å². The number of nitrogens with one attached hydrogen (secondary N) is 1. The van der Waals surface area contributed by atoms with E-state index < -0.39 is 5.97 Å². The van der Waals surface area contributed by atoms with E-state index in [1.54, 1.807) is 11.4 Å². The van der Waals surface area contributed by atoms with E-state index in [1.807, 2.05) is 20.8 Å². The molecule has 1 aliphatic heterocycles. The van der Waals surface area contributed by atoms with Gasteiger partial charge >= 0.3 is 5.97 Å². The van der Waals surface area contributed by atoms with Crippen LogP contribution in [0.15, 0.2) is 11.4 Å². The molecule has 1 amide bonds. The minimum absolute atomic E-state index is 0.0586. The van der Waals surface area contributed by atoms with Crippen molar-refractivity contribution in [3.05, 3.63) is 16.3 Å². The van der Waals surface area contributed by atoms with Crippen LogP contribution in [-0.4, -0.2) is 31.2 Å². The van der Waals surface area contributed by atoms with Crippen LogP contribution in [0, 0.1) is 11.8 Å². The first-order valence-corrected chi connectivity index (χ1v) is 7.45. The number of anilines is 1. The molecule has 0 bridgehead atoms. The lowest BCUT2D eigenvalue weighted by Gasteiger charge is -2.17. The van der Waals surface area contributed by atoms with Gasteiger partial charge in [0.05, 0.1) is 30.9 Å². The van der Waals surface area contributed by atoms with Crippen LogP contribution in [0.1, 0.15) is 30.4 Å². The number of amides is 1. The Morgan fingerprint density at radius 2 is 2.00 bits per heavy atom. The van der Waals surface area contributed by atoms with Gasteiger partial charge in [-0.05, 0) is 31.2 Å². The Kier molecular flexibility index (Phi) is 4.45. The minimum atomic E-state index is -0.438. The summed E-state index contributed by atoms with van der Waals surface area (Å²) < 4.78 is 10.4. The lowest BCUT2D eigenvalue weighted by molar-refractivity contribution is -0.121. The van der Waals surface area contributed by atoms with Gasteiger partial charge in [-0.3, -0.25) is 4.79 Å². The molecule has 1 N–H and O–H groups in total. The molecule has 1 fully saturated rings. The first-order chi connectivity index (χ1) is 9.45. The molecule has 0 spiro atoms. The summed E-state index contributed by atoms with van der Waals surface area (Å²) in [5.74, 6) is -0.619. The maximum atomic E-state index is 12.4.